The number of carbonyl (C=O) groups is 2. The maximum atomic E-state index is 12.2. The Morgan fingerprint density at radius 1 is 1.21 bits per heavy atom. The van der Waals surface area contributed by atoms with Gasteiger partial charge in [0.25, 0.3) is 15.9 Å². The molecule has 1 fully saturated rings. The number of hydrogen-bond donors (Lipinski definition) is 1. The first-order chi connectivity index (χ1) is 13.3. The molecule has 9 heteroatoms. The van der Waals surface area contributed by atoms with Crippen LogP contribution in [0.4, 0.5) is 0 Å². The Morgan fingerprint density at radius 3 is 2.61 bits per heavy atom. The van der Waals surface area contributed by atoms with Crippen molar-refractivity contribution in [2.75, 3.05) is 26.2 Å². The zero-order chi connectivity index (χ0) is 20.3. The van der Waals surface area contributed by atoms with Crippen LogP contribution in [0.1, 0.15) is 32.3 Å². The Morgan fingerprint density at radius 2 is 1.89 bits per heavy atom. The fraction of sp³-hybridized carbons (Fsp3) is 0.526. The van der Waals surface area contributed by atoms with Crippen LogP contribution in [0.25, 0.3) is 0 Å². The van der Waals surface area contributed by atoms with Gasteiger partial charge < -0.3 is 9.64 Å². The number of sulfonamides is 1. The number of likely N-dealkylation sites (tertiary alicyclic amines) is 1. The van der Waals surface area contributed by atoms with Crippen LogP contribution in [0.5, 0.6) is 0 Å². The van der Waals surface area contributed by atoms with Crippen LogP contribution in [0, 0.1) is 11.8 Å². The number of fused-ring (bicyclic) bond motifs is 1. The summed E-state index contributed by atoms with van der Waals surface area (Å²) in [4.78, 5) is 30.2. The number of ether oxygens (including phenoxy) is 1. The predicted octanol–water partition coefficient (Wildman–Crippen LogP) is 1.16. The van der Waals surface area contributed by atoms with Crippen LogP contribution >= 0.6 is 0 Å². The van der Waals surface area contributed by atoms with Crippen molar-refractivity contribution in [2.24, 2.45) is 16.8 Å². The third-order valence-electron chi connectivity index (χ3n) is 4.83. The summed E-state index contributed by atoms with van der Waals surface area (Å²) in [5, 5.41) is 0. The number of amides is 1. The molecule has 2 aliphatic rings. The van der Waals surface area contributed by atoms with Gasteiger partial charge in [-0.25, -0.2) is 8.42 Å². The van der Waals surface area contributed by atoms with E-state index in [0.29, 0.717) is 30.5 Å². The van der Waals surface area contributed by atoms with Gasteiger partial charge in [0.2, 0.25) is 0 Å². The SMILES string of the molecule is C[C@@H]1C[C@H](C)CN(C(=O)COC(=O)CCN=C2NS(=O)(=O)c3ccccc32)C1. The fourth-order valence-corrected chi connectivity index (χ4v) is 4.93. The summed E-state index contributed by atoms with van der Waals surface area (Å²) in [6.07, 6.45) is 1.06. The van der Waals surface area contributed by atoms with E-state index in [-0.39, 0.29) is 36.2 Å². The van der Waals surface area contributed by atoms with E-state index < -0.39 is 16.0 Å². The van der Waals surface area contributed by atoms with Gasteiger partial charge in [0.05, 0.1) is 17.9 Å². The molecule has 1 aromatic carbocycles. The molecule has 1 N–H and O–H groups in total. The molecule has 0 saturated carbocycles. The smallest absolute Gasteiger partial charge is 0.308 e. The van der Waals surface area contributed by atoms with Gasteiger partial charge in [-0.1, -0.05) is 26.0 Å². The van der Waals surface area contributed by atoms with Crippen molar-refractivity contribution in [3.63, 3.8) is 0 Å². The highest BCUT2D eigenvalue weighted by Gasteiger charge is 2.30. The van der Waals surface area contributed by atoms with Crippen molar-refractivity contribution in [1.82, 2.24) is 9.62 Å². The van der Waals surface area contributed by atoms with E-state index >= 15 is 0 Å². The Labute approximate surface area is 165 Å². The van der Waals surface area contributed by atoms with Crippen molar-refractivity contribution in [3.05, 3.63) is 29.8 Å². The van der Waals surface area contributed by atoms with Crippen LogP contribution in [-0.2, 0) is 24.3 Å². The minimum atomic E-state index is -3.60. The normalized spacial score (nSPS) is 24.5. The van der Waals surface area contributed by atoms with E-state index in [2.05, 4.69) is 23.6 Å². The summed E-state index contributed by atoms with van der Waals surface area (Å²) in [5.74, 6) is 0.380. The molecule has 0 aliphatic carbocycles. The number of benzene rings is 1. The molecular weight excluding hydrogens is 382 g/mol. The molecule has 3 rings (SSSR count). The second-order valence-electron chi connectivity index (χ2n) is 7.49. The second-order valence-corrected chi connectivity index (χ2v) is 9.14. The fourth-order valence-electron chi connectivity index (χ4n) is 3.68. The number of piperidine rings is 1. The molecule has 2 heterocycles. The summed E-state index contributed by atoms with van der Waals surface area (Å²) >= 11 is 0. The van der Waals surface area contributed by atoms with Crippen LogP contribution < -0.4 is 4.72 Å². The maximum Gasteiger partial charge on any atom is 0.308 e. The van der Waals surface area contributed by atoms with Crippen LogP contribution in [0.2, 0.25) is 0 Å². The summed E-state index contributed by atoms with van der Waals surface area (Å²) in [6, 6.07) is 6.52. The first kappa shape index (κ1) is 20.3. The third-order valence-corrected chi connectivity index (χ3v) is 6.22. The average Bonchev–Trinajstić information content (AvgIpc) is 2.90. The molecule has 0 aromatic heterocycles. The Hall–Kier alpha value is -2.42. The molecule has 1 aromatic rings. The van der Waals surface area contributed by atoms with Gasteiger partial charge in [0.1, 0.15) is 5.84 Å². The molecule has 0 radical (unpaired) electrons. The molecule has 1 saturated heterocycles. The molecule has 0 spiro atoms. The van der Waals surface area contributed by atoms with Crippen LogP contribution in [0.3, 0.4) is 0 Å². The van der Waals surface area contributed by atoms with Gasteiger partial charge in [-0.2, -0.15) is 0 Å². The molecule has 152 valence electrons. The lowest BCUT2D eigenvalue weighted by Crippen LogP contribution is -2.44. The monoisotopic (exact) mass is 407 g/mol. The van der Waals surface area contributed by atoms with E-state index in [1.165, 1.54) is 6.07 Å². The van der Waals surface area contributed by atoms with E-state index in [1.54, 1.807) is 23.1 Å². The first-order valence-corrected chi connectivity index (χ1v) is 10.8. The Balaban J connectivity index is 1.48. The number of amidine groups is 1. The Kier molecular flexibility index (Phi) is 6.02. The summed E-state index contributed by atoms with van der Waals surface area (Å²) in [7, 11) is -3.60. The van der Waals surface area contributed by atoms with Crippen molar-refractivity contribution in [1.29, 1.82) is 0 Å². The maximum absolute atomic E-state index is 12.2. The average molecular weight is 407 g/mol. The highest BCUT2D eigenvalue weighted by Crippen LogP contribution is 2.22. The number of nitrogens with one attached hydrogen (secondary N) is 1. The minimum absolute atomic E-state index is 0.0342. The lowest BCUT2D eigenvalue weighted by molar-refractivity contribution is -0.153. The van der Waals surface area contributed by atoms with Gasteiger partial charge in [-0.15, -0.1) is 0 Å². The molecule has 0 bridgehead atoms. The molecule has 1 amide bonds. The van der Waals surface area contributed by atoms with Crippen molar-refractivity contribution < 1.29 is 22.7 Å². The number of hydrogen-bond acceptors (Lipinski definition) is 6. The molecule has 0 unspecified atom stereocenters. The summed E-state index contributed by atoms with van der Waals surface area (Å²) < 4.78 is 31.5. The molecule has 28 heavy (non-hydrogen) atoms. The van der Waals surface area contributed by atoms with E-state index in [0.717, 1.165) is 6.42 Å². The molecule has 2 atom stereocenters. The van der Waals surface area contributed by atoms with Crippen molar-refractivity contribution in [3.8, 4) is 0 Å². The van der Waals surface area contributed by atoms with Crippen molar-refractivity contribution >= 4 is 27.7 Å². The number of carbonyl (C=O) groups excluding carboxylic acids is 2. The number of aliphatic imine (C=N–C) groups is 1. The highest BCUT2D eigenvalue weighted by molar-refractivity contribution is 7.90. The zero-order valence-electron chi connectivity index (χ0n) is 16.1. The van der Waals surface area contributed by atoms with Gasteiger partial charge in [-0.05, 0) is 30.4 Å². The number of esters is 1. The summed E-state index contributed by atoms with van der Waals surface area (Å²) in [6.45, 7) is 5.39. The topological polar surface area (TPSA) is 105 Å². The van der Waals surface area contributed by atoms with Gasteiger partial charge >= 0.3 is 5.97 Å². The lowest BCUT2D eigenvalue weighted by atomic mass is 9.92. The highest BCUT2D eigenvalue weighted by atomic mass is 32.2. The molecule has 8 nitrogen and oxygen atoms in total. The summed E-state index contributed by atoms with van der Waals surface area (Å²) in [5.41, 5.74) is 0.486. The number of nitrogens with zero attached hydrogens (tertiary/aromatic N) is 2. The van der Waals surface area contributed by atoms with E-state index in [1.807, 2.05) is 0 Å². The third kappa shape index (κ3) is 4.70. The van der Waals surface area contributed by atoms with E-state index in [4.69, 9.17) is 4.74 Å². The quantitative estimate of drug-likeness (QED) is 0.738. The zero-order valence-corrected chi connectivity index (χ0v) is 16.9. The predicted molar refractivity (Wildman–Crippen MR) is 103 cm³/mol. The van der Waals surface area contributed by atoms with Crippen molar-refractivity contribution in [2.45, 2.75) is 31.6 Å². The van der Waals surface area contributed by atoms with E-state index in [9.17, 15) is 18.0 Å². The second kappa shape index (κ2) is 8.30. The number of rotatable bonds is 5. The standard InChI is InChI=1S/C19H25N3O5S/c1-13-9-14(2)11-22(10-13)17(23)12-27-18(24)7-8-20-19-15-5-3-4-6-16(15)28(25,26)21-19/h3-6,13-14H,7-12H2,1-2H3,(H,20,21)/t13-,14+. The van der Waals surface area contributed by atoms with Gasteiger partial charge in [0, 0.05) is 18.7 Å². The van der Waals surface area contributed by atoms with Gasteiger partial charge in [0.15, 0.2) is 6.61 Å². The minimum Gasteiger partial charge on any atom is -0.456 e. The largest absolute Gasteiger partial charge is 0.456 e. The first-order valence-electron chi connectivity index (χ1n) is 9.36. The van der Waals surface area contributed by atoms with Gasteiger partial charge in [-0.3, -0.25) is 19.3 Å². The van der Waals surface area contributed by atoms with Crippen LogP contribution in [0.15, 0.2) is 34.2 Å². The Bertz CT molecular complexity index is 887. The lowest BCUT2D eigenvalue weighted by Gasteiger charge is -2.34. The molecular formula is C19H25N3O5S. The molecule has 2 aliphatic heterocycles. The van der Waals surface area contributed by atoms with Crippen LogP contribution in [-0.4, -0.2) is 57.3 Å².